The highest BCUT2D eigenvalue weighted by Gasteiger charge is 2.32. The molecule has 32 heavy (non-hydrogen) atoms. The molecule has 1 aliphatic rings. The molecule has 0 bridgehead atoms. The number of hydrogen-bond acceptors (Lipinski definition) is 6. The Morgan fingerprint density at radius 2 is 1.84 bits per heavy atom. The molecule has 1 saturated heterocycles. The number of carboxylic acids is 1. The highest BCUT2D eigenvalue weighted by Crippen LogP contribution is 2.25. The lowest BCUT2D eigenvalue weighted by Gasteiger charge is -2.44. The number of carbonyl (C=O) groups excluding carboxylic acids is 1. The molecule has 1 aliphatic heterocycles. The number of nitro benzene ring substituents is 1. The number of amides is 1. The summed E-state index contributed by atoms with van der Waals surface area (Å²) in [6.07, 6.45) is 0. The standard InChI is InChI=1S/C22H24FN3O6/c1-14-11-25(15(2)10-24(14)12-16-3-5-17(23)6-4-16)21(27)13-32-18-7-8-20(26(30)31)19(9-18)22(28)29/h3-9,14-15H,10-13H2,1-2H3,(H,28,29). The number of piperazine rings is 1. The van der Waals surface area contributed by atoms with E-state index >= 15 is 0 Å². The summed E-state index contributed by atoms with van der Waals surface area (Å²) in [5.41, 5.74) is -0.0618. The first-order valence-electron chi connectivity index (χ1n) is 10.1. The normalized spacial score (nSPS) is 18.9. The first kappa shape index (κ1) is 23.1. The molecule has 10 heteroatoms. The molecule has 0 radical (unpaired) electrons. The fourth-order valence-corrected chi connectivity index (χ4v) is 3.75. The lowest BCUT2D eigenvalue weighted by Crippen LogP contribution is -2.58. The number of carbonyl (C=O) groups is 2. The van der Waals surface area contributed by atoms with Gasteiger partial charge in [-0.3, -0.25) is 19.8 Å². The largest absolute Gasteiger partial charge is 0.484 e. The Bertz CT molecular complexity index is 1010. The summed E-state index contributed by atoms with van der Waals surface area (Å²) in [6.45, 7) is 5.37. The molecule has 1 fully saturated rings. The first-order valence-corrected chi connectivity index (χ1v) is 10.1. The van der Waals surface area contributed by atoms with Crippen LogP contribution in [0.25, 0.3) is 0 Å². The second kappa shape index (κ2) is 9.73. The smallest absolute Gasteiger partial charge is 0.342 e. The molecule has 9 nitrogen and oxygen atoms in total. The van der Waals surface area contributed by atoms with Gasteiger partial charge in [-0.1, -0.05) is 12.1 Å². The highest BCUT2D eigenvalue weighted by atomic mass is 19.1. The van der Waals surface area contributed by atoms with E-state index in [9.17, 15) is 24.1 Å². The Morgan fingerprint density at radius 3 is 2.47 bits per heavy atom. The van der Waals surface area contributed by atoms with Crippen LogP contribution < -0.4 is 4.74 Å². The summed E-state index contributed by atoms with van der Waals surface area (Å²) in [6, 6.07) is 9.67. The third-order valence-corrected chi connectivity index (χ3v) is 5.49. The van der Waals surface area contributed by atoms with Crippen molar-refractivity contribution in [3.8, 4) is 5.75 Å². The van der Waals surface area contributed by atoms with Gasteiger partial charge in [0.1, 0.15) is 17.1 Å². The van der Waals surface area contributed by atoms with Crippen LogP contribution in [0.5, 0.6) is 5.75 Å². The van der Waals surface area contributed by atoms with Gasteiger partial charge in [-0.25, -0.2) is 9.18 Å². The highest BCUT2D eigenvalue weighted by molar-refractivity contribution is 5.92. The van der Waals surface area contributed by atoms with Crippen LogP contribution in [0.3, 0.4) is 0 Å². The maximum atomic E-state index is 13.1. The van der Waals surface area contributed by atoms with Crippen LogP contribution >= 0.6 is 0 Å². The van der Waals surface area contributed by atoms with E-state index in [1.807, 2.05) is 13.8 Å². The van der Waals surface area contributed by atoms with Gasteiger partial charge < -0.3 is 14.7 Å². The molecule has 0 aromatic heterocycles. The third kappa shape index (κ3) is 5.38. The van der Waals surface area contributed by atoms with Crippen LogP contribution in [0.4, 0.5) is 10.1 Å². The van der Waals surface area contributed by atoms with E-state index in [2.05, 4.69) is 4.90 Å². The third-order valence-electron chi connectivity index (χ3n) is 5.49. The van der Waals surface area contributed by atoms with Crippen molar-refractivity contribution in [3.63, 3.8) is 0 Å². The maximum absolute atomic E-state index is 13.1. The maximum Gasteiger partial charge on any atom is 0.342 e. The number of hydrogen-bond donors (Lipinski definition) is 1. The molecule has 3 rings (SSSR count). The molecule has 1 heterocycles. The average molecular weight is 445 g/mol. The van der Waals surface area contributed by atoms with Gasteiger partial charge in [0.25, 0.3) is 11.6 Å². The Morgan fingerprint density at radius 1 is 1.16 bits per heavy atom. The number of nitrogens with zero attached hydrogens (tertiary/aromatic N) is 3. The molecular weight excluding hydrogens is 421 g/mol. The van der Waals surface area contributed by atoms with Crippen LogP contribution in [0.1, 0.15) is 29.8 Å². The topological polar surface area (TPSA) is 113 Å². The van der Waals surface area contributed by atoms with Crippen molar-refractivity contribution in [2.24, 2.45) is 0 Å². The monoisotopic (exact) mass is 445 g/mol. The van der Waals surface area contributed by atoms with Gasteiger partial charge in [0.05, 0.1) is 4.92 Å². The van der Waals surface area contributed by atoms with Gasteiger partial charge in [-0.05, 0) is 37.6 Å². The summed E-state index contributed by atoms with van der Waals surface area (Å²) in [5, 5.41) is 20.1. The molecule has 2 unspecified atom stereocenters. The first-order chi connectivity index (χ1) is 15.2. The van der Waals surface area contributed by atoms with E-state index in [-0.39, 0.29) is 36.2 Å². The second-order valence-corrected chi connectivity index (χ2v) is 7.83. The fraction of sp³-hybridized carbons (Fsp3) is 0.364. The number of rotatable bonds is 7. The zero-order chi connectivity index (χ0) is 23.4. The van der Waals surface area contributed by atoms with Crippen molar-refractivity contribution in [1.29, 1.82) is 0 Å². The number of halogens is 1. The van der Waals surface area contributed by atoms with Crippen LogP contribution in [-0.2, 0) is 11.3 Å². The van der Waals surface area contributed by atoms with Crippen LogP contribution in [0.15, 0.2) is 42.5 Å². The molecule has 170 valence electrons. The van der Waals surface area contributed by atoms with Gasteiger partial charge in [-0.15, -0.1) is 0 Å². The molecule has 2 aromatic carbocycles. The van der Waals surface area contributed by atoms with Crippen molar-refractivity contribution < 1.29 is 28.7 Å². The van der Waals surface area contributed by atoms with Crippen LogP contribution in [-0.4, -0.2) is 63.5 Å². The fourth-order valence-electron chi connectivity index (χ4n) is 3.75. The number of ether oxygens (including phenoxy) is 1. The summed E-state index contributed by atoms with van der Waals surface area (Å²) in [4.78, 5) is 38.1. The van der Waals surface area contributed by atoms with Gasteiger partial charge >= 0.3 is 5.97 Å². The molecule has 2 atom stereocenters. The van der Waals surface area contributed by atoms with Crippen LogP contribution in [0, 0.1) is 15.9 Å². The zero-order valence-corrected chi connectivity index (χ0v) is 17.7. The quantitative estimate of drug-likeness (QED) is 0.515. The average Bonchev–Trinajstić information content (AvgIpc) is 2.75. The van der Waals surface area contributed by atoms with E-state index < -0.39 is 22.1 Å². The van der Waals surface area contributed by atoms with E-state index in [0.717, 1.165) is 17.7 Å². The molecule has 1 N–H and O–H groups in total. The van der Waals surface area contributed by atoms with Crippen molar-refractivity contribution in [2.75, 3.05) is 19.7 Å². The Labute approximate surface area is 184 Å². The molecule has 0 saturated carbocycles. The Balaban J connectivity index is 1.60. The molecule has 2 aromatic rings. The van der Waals surface area contributed by atoms with E-state index in [1.54, 1.807) is 17.0 Å². The minimum Gasteiger partial charge on any atom is -0.484 e. The summed E-state index contributed by atoms with van der Waals surface area (Å²) < 4.78 is 18.6. The summed E-state index contributed by atoms with van der Waals surface area (Å²) >= 11 is 0. The van der Waals surface area contributed by atoms with E-state index in [4.69, 9.17) is 9.84 Å². The van der Waals surface area contributed by atoms with Gasteiger partial charge in [0.15, 0.2) is 6.61 Å². The number of aromatic carboxylic acids is 1. The summed E-state index contributed by atoms with van der Waals surface area (Å²) in [7, 11) is 0. The minimum absolute atomic E-state index is 0.0667. The Hall–Kier alpha value is -3.53. The van der Waals surface area contributed by atoms with Gasteiger partial charge in [0.2, 0.25) is 0 Å². The lowest BCUT2D eigenvalue weighted by atomic mass is 10.1. The SMILES string of the molecule is CC1CN(C(=O)COc2ccc([N+](=O)[O-])c(C(=O)O)c2)C(C)CN1Cc1ccc(F)cc1. The summed E-state index contributed by atoms with van der Waals surface area (Å²) in [5.74, 6) is -1.93. The van der Waals surface area contributed by atoms with Crippen molar-refractivity contribution in [2.45, 2.75) is 32.5 Å². The Kier molecular flexibility index (Phi) is 7.04. The van der Waals surface area contributed by atoms with Crippen molar-refractivity contribution in [1.82, 2.24) is 9.80 Å². The second-order valence-electron chi connectivity index (χ2n) is 7.83. The molecule has 0 aliphatic carbocycles. The lowest BCUT2D eigenvalue weighted by molar-refractivity contribution is -0.385. The molecule has 0 spiro atoms. The van der Waals surface area contributed by atoms with Crippen molar-refractivity contribution >= 4 is 17.6 Å². The van der Waals surface area contributed by atoms with E-state index in [0.29, 0.717) is 19.6 Å². The predicted molar refractivity (Wildman–Crippen MR) is 113 cm³/mol. The molecular formula is C22H24FN3O6. The van der Waals surface area contributed by atoms with Crippen LogP contribution in [0.2, 0.25) is 0 Å². The number of benzene rings is 2. The van der Waals surface area contributed by atoms with Gasteiger partial charge in [-0.2, -0.15) is 0 Å². The van der Waals surface area contributed by atoms with Gasteiger partial charge in [0, 0.05) is 43.9 Å². The predicted octanol–water partition coefficient (Wildman–Crippen LogP) is 2.93. The van der Waals surface area contributed by atoms with Crippen molar-refractivity contribution in [3.05, 3.63) is 69.5 Å². The zero-order valence-electron chi connectivity index (χ0n) is 17.7. The number of nitro groups is 1. The minimum atomic E-state index is -1.45. The molecule has 1 amide bonds. The van der Waals surface area contributed by atoms with E-state index in [1.165, 1.54) is 18.2 Å². The number of carboxylic acid groups (broad SMARTS) is 1.